The quantitative estimate of drug-likeness (QED) is 0.582. The molecule has 2 nitrogen and oxygen atoms in total. The molecule has 0 fully saturated rings. The van der Waals surface area contributed by atoms with Crippen LogP contribution in [-0.4, -0.2) is 12.4 Å². The Balaban J connectivity index is 3.46. The van der Waals surface area contributed by atoms with Gasteiger partial charge in [0.1, 0.15) is 5.78 Å². The molecule has 0 heterocycles. The number of hydrogen-bond donors (Lipinski definition) is 0. The highest BCUT2D eigenvalue weighted by Crippen LogP contribution is 2.09. The van der Waals surface area contributed by atoms with Crippen molar-refractivity contribution in [1.29, 1.82) is 0 Å². The minimum atomic E-state index is -0.255. The van der Waals surface area contributed by atoms with Crippen LogP contribution >= 0.6 is 0 Å². The SMILES string of the molecule is CCCCC(C)C(=O)CC[O]. The Bertz CT molecular complexity index is 110. The number of Topliss-reactive ketones (excluding diaryl/α,β-unsaturated/α-hetero) is 1. The molecule has 0 aliphatic carbocycles. The van der Waals surface area contributed by atoms with Crippen molar-refractivity contribution in [3.63, 3.8) is 0 Å². The predicted octanol–water partition coefficient (Wildman–Crippen LogP) is 2.20. The molecule has 11 heavy (non-hydrogen) atoms. The number of carbonyl (C=O) groups is 1. The number of hydrogen-bond acceptors (Lipinski definition) is 1. The van der Waals surface area contributed by atoms with Gasteiger partial charge in [0.25, 0.3) is 0 Å². The lowest BCUT2D eigenvalue weighted by atomic mass is 9.98. The van der Waals surface area contributed by atoms with Crippen LogP contribution in [0.3, 0.4) is 0 Å². The zero-order valence-corrected chi connectivity index (χ0v) is 7.43. The van der Waals surface area contributed by atoms with Crippen LogP contribution < -0.4 is 0 Å². The Kier molecular flexibility index (Phi) is 6.13. The molecule has 1 radical (unpaired) electrons. The minimum absolute atomic E-state index is 0.101. The van der Waals surface area contributed by atoms with Crippen LogP contribution in [0.4, 0.5) is 0 Å². The molecule has 0 spiro atoms. The van der Waals surface area contributed by atoms with Gasteiger partial charge in [-0.1, -0.05) is 26.7 Å². The Hall–Kier alpha value is -0.370. The molecule has 1 unspecified atom stereocenters. The van der Waals surface area contributed by atoms with Crippen LogP contribution in [0, 0.1) is 5.92 Å². The Morgan fingerprint density at radius 2 is 2.09 bits per heavy atom. The molecule has 2 heteroatoms. The average Bonchev–Trinajstić information content (AvgIpc) is 2.00. The fourth-order valence-corrected chi connectivity index (χ4v) is 1.02. The molecule has 0 saturated carbocycles. The molecular formula is C9H17O2. The normalized spacial score (nSPS) is 13.0. The van der Waals surface area contributed by atoms with E-state index in [9.17, 15) is 9.90 Å². The summed E-state index contributed by atoms with van der Waals surface area (Å²) in [6.45, 7) is 3.76. The highest BCUT2D eigenvalue weighted by molar-refractivity contribution is 5.80. The maximum atomic E-state index is 11.0. The number of unbranched alkanes of at least 4 members (excludes halogenated alkanes) is 1. The second-order valence-electron chi connectivity index (χ2n) is 2.96. The smallest absolute Gasteiger partial charge is 0.138 e. The average molecular weight is 157 g/mol. The number of carbonyl (C=O) groups excluding carboxylic acids is 1. The summed E-state index contributed by atoms with van der Waals surface area (Å²) >= 11 is 0. The first-order valence-electron chi connectivity index (χ1n) is 4.33. The second kappa shape index (κ2) is 6.35. The van der Waals surface area contributed by atoms with Gasteiger partial charge in [-0.25, -0.2) is 5.11 Å². The first-order chi connectivity index (χ1) is 5.22. The summed E-state index contributed by atoms with van der Waals surface area (Å²) < 4.78 is 0. The summed E-state index contributed by atoms with van der Waals surface area (Å²) in [6, 6.07) is 0. The molecule has 0 aliphatic rings. The predicted molar refractivity (Wildman–Crippen MR) is 43.9 cm³/mol. The van der Waals surface area contributed by atoms with Gasteiger partial charge in [0.05, 0.1) is 6.61 Å². The lowest BCUT2D eigenvalue weighted by molar-refractivity contribution is -0.123. The summed E-state index contributed by atoms with van der Waals surface area (Å²) in [7, 11) is 0. The fraction of sp³-hybridized carbons (Fsp3) is 0.889. The molecule has 65 valence electrons. The highest BCUT2D eigenvalue weighted by atomic mass is 16.3. The summed E-state index contributed by atoms with van der Waals surface area (Å²) in [5.74, 6) is 0.234. The topological polar surface area (TPSA) is 37.0 Å². The molecule has 1 atom stereocenters. The molecule has 0 rings (SSSR count). The van der Waals surface area contributed by atoms with E-state index in [1.807, 2.05) is 6.92 Å². The molecule has 0 aromatic rings. The van der Waals surface area contributed by atoms with Crippen LogP contribution in [0.2, 0.25) is 0 Å². The molecule has 0 aliphatic heterocycles. The van der Waals surface area contributed by atoms with E-state index in [0.29, 0.717) is 0 Å². The van der Waals surface area contributed by atoms with Crippen LogP contribution in [0.5, 0.6) is 0 Å². The van der Waals surface area contributed by atoms with Gasteiger partial charge in [-0.2, -0.15) is 0 Å². The molecule has 0 amide bonds. The van der Waals surface area contributed by atoms with Crippen molar-refractivity contribution in [2.75, 3.05) is 6.61 Å². The third-order valence-electron chi connectivity index (χ3n) is 1.89. The molecule has 0 aromatic heterocycles. The van der Waals surface area contributed by atoms with E-state index in [4.69, 9.17) is 0 Å². The Labute approximate surface area is 68.6 Å². The van der Waals surface area contributed by atoms with E-state index in [0.717, 1.165) is 19.3 Å². The number of ketones is 1. The summed E-state index contributed by atoms with van der Waals surface area (Å²) in [5, 5.41) is 10.1. The largest absolute Gasteiger partial charge is 0.299 e. The fourth-order valence-electron chi connectivity index (χ4n) is 1.02. The highest BCUT2D eigenvalue weighted by Gasteiger charge is 2.10. The van der Waals surface area contributed by atoms with Gasteiger partial charge >= 0.3 is 0 Å². The van der Waals surface area contributed by atoms with E-state index >= 15 is 0 Å². The van der Waals surface area contributed by atoms with E-state index < -0.39 is 0 Å². The molecule has 0 aromatic carbocycles. The van der Waals surface area contributed by atoms with Gasteiger partial charge in [0.2, 0.25) is 0 Å². The summed E-state index contributed by atoms with van der Waals surface area (Å²) in [5.41, 5.74) is 0. The lowest BCUT2D eigenvalue weighted by Gasteiger charge is -2.07. The maximum Gasteiger partial charge on any atom is 0.138 e. The van der Waals surface area contributed by atoms with Gasteiger partial charge in [0, 0.05) is 12.3 Å². The molecule has 0 bridgehead atoms. The van der Waals surface area contributed by atoms with E-state index in [-0.39, 0.29) is 24.7 Å². The van der Waals surface area contributed by atoms with E-state index in [2.05, 4.69) is 6.92 Å². The standard InChI is InChI=1S/C9H17O2/c1-3-4-5-8(2)9(11)6-7-10/h8H,3-7H2,1-2H3. The van der Waals surface area contributed by atoms with Crippen LogP contribution in [0.15, 0.2) is 0 Å². The van der Waals surface area contributed by atoms with E-state index in [1.54, 1.807) is 0 Å². The first-order valence-corrected chi connectivity index (χ1v) is 4.33. The Morgan fingerprint density at radius 3 is 2.55 bits per heavy atom. The maximum absolute atomic E-state index is 11.0. The van der Waals surface area contributed by atoms with Crippen molar-refractivity contribution in [2.24, 2.45) is 5.92 Å². The summed E-state index contributed by atoms with van der Waals surface area (Å²) in [6.07, 6.45) is 3.36. The number of rotatable bonds is 6. The minimum Gasteiger partial charge on any atom is -0.299 e. The van der Waals surface area contributed by atoms with Crippen LogP contribution in [0.1, 0.15) is 39.5 Å². The summed E-state index contributed by atoms with van der Waals surface area (Å²) in [4.78, 5) is 11.0. The van der Waals surface area contributed by atoms with Gasteiger partial charge in [-0.05, 0) is 6.42 Å². The third kappa shape index (κ3) is 4.96. The van der Waals surface area contributed by atoms with Crippen molar-refractivity contribution in [1.82, 2.24) is 0 Å². The third-order valence-corrected chi connectivity index (χ3v) is 1.89. The van der Waals surface area contributed by atoms with Crippen molar-refractivity contribution in [2.45, 2.75) is 39.5 Å². The first kappa shape index (κ1) is 10.6. The van der Waals surface area contributed by atoms with Gasteiger partial charge in [0.15, 0.2) is 0 Å². The zero-order valence-electron chi connectivity index (χ0n) is 7.43. The van der Waals surface area contributed by atoms with Gasteiger partial charge in [-0.3, -0.25) is 4.79 Å². The molecular weight excluding hydrogens is 140 g/mol. The Morgan fingerprint density at radius 1 is 1.45 bits per heavy atom. The second-order valence-corrected chi connectivity index (χ2v) is 2.96. The lowest BCUT2D eigenvalue weighted by Crippen LogP contribution is -2.11. The molecule has 0 saturated heterocycles. The molecule has 0 N–H and O–H groups in total. The van der Waals surface area contributed by atoms with Crippen LogP contribution in [-0.2, 0) is 9.90 Å². The van der Waals surface area contributed by atoms with Gasteiger partial charge in [-0.15, -0.1) is 0 Å². The van der Waals surface area contributed by atoms with Gasteiger partial charge < -0.3 is 0 Å². The van der Waals surface area contributed by atoms with E-state index in [1.165, 1.54) is 0 Å². The zero-order chi connectivity index (χ0) is 8.69. The van der Waals surface area contributed by atoms with Crippen molar-refractivity contribution >= 4 is 5.78 Å². The van der Waals surface area contributed by atoms with Crippen molar-refractivity contribution < 1.29 is 9.90 Å². The van der Waals surface area contributed by atoms with Crippen molar-refractivity contribution in [3.8, 4) is 0 Å². The van der Waals surface area contributed by atoms with Crippen LogP contribution in [0.25, 0.3) is 0 Å². The van der Waals surface area contributed by atoms with Crippen molar-refractivity contribution in [3.05, 3.63) is 0 Å². The monoisotopic (exact) mass is 157 g/mol.